The zero-order valence-corrected chi connectivity index (χ0v) is 19.3. The molecule has 3 aromatic heterocycles. The highest BCUT2D eigenvalue weighted by atomic mass is 35.5. The largest absolute Gasteiger partial charge is 0.435 e. The second kappa shape index (κ2) is 9.61. The molecule has 0 atom stereocenters. The number of hydrogen-bond donors (Lipinski definition) is 1. The summed E-state index contributed by atoms with van der Waals surface area (Å²) in [5.74, 6) is -0.658. The number of anilines is 1. The molecule has 0 fully saturated rings. The molecule has 0 radical (unpaired) electrons. The fourth-order valence-corrected chi connectivity index (χ4v) is 4.14. The third-order valence-corrected chi connectivity index (χ3v) is 5.66. The van der Waals surface area contributed by atoms with E-state index < -0.39 is 17.8 Å². The first-order valence-electron chi connectivity index (χ1n) is 10.1. The minimum atomic E-state index is -4.69. The van der Waals surface area contributed by atoms with E-state index in [0.29, 0.717) is 6.54 Å². The first kappa shape index (κ1) is 24.0. The first-order valence-corrected chi connectivity index (χ1v) is 10.8. The summed E-state index contributed by atoms with van der Waals surface area (Å²) in [5.41, 5.74) is -0.312. The number of imidazole rings is 1. The third-order valence-electron chi connectivity index (χ3n) is 5.03. The van der Waals surface area contributed by atoms with Crippen molar-refractivity contribution in [1.29, 1.82) is 0 Å². The molecule has 0 spiro atoms. The quantitative estimate of drug-likeness (QED) is 0.350. The van der Waals surface area contributed by atoms with E-state index in [1.807, 2.05) is 6.07 Å². The van der Waals surface area contributed by atoms with Crippen molar-refractivity contribution >= 4 is 40.4 Å². The van der Waals surface area contributed by atoms with E-state index in [1.54, 1.807) is 36.3 Å². The average Bonchev–Trinajstić information content (AvgIpc) is 3.14. The summed E-state index contributed by atoms with van der Waals surface area (Å²) in [4.78, 5) is 22.6. The van der Waals surface area contributed by atoms with Gasteiger partial charge in [-0.05, 0) is 43.4 Å². The van der Waals surface area contributed by atoms with E-state index in [0.717, 1.165) is 5.69 Å². The molecular weight excluding hydrogens is 490 g/mol. The average molecular weight is 508 g/mol. The molecule has 3 heterocycles. The molecule has 0 saturated carbocycles. The van der Waals surface area contributed by atoms with Crippen LogP contribution in [0, 0.1) is 0 Å². The molecule has 4 rings (SSSR count). The van der Waals surface area contributed by atoms with Gasteiger partial charge in [0.1, 0.15) is 0 Å². The van der Waals surface area contributed by atoms with Gasteiger partial charge in [0.15, 0.2) is 11.3 Å². The number of nitrogens with one attached hydrogen (secondary N) is 1. The van der Waals surface area contributed by atoms with E-state index in [-0.39, 0.29) is 39.2 Å². The fraction of sp³-hybridized carbons (Fsp3) is 0.174. The Morgan fingerprint density at radius 1 is 1.06 bits per heavy atom. The van der Waals surface area contributed by atoms with Gasteiger partial charge in [0.2, 0.25) is 0 Å². The molecule has 0 saturated heterocycles. The van der Waals surface area contributed by atoms with Crippen LogP contribution in [0.5, 0.6) is 0 Å². The maximum atomic E-state index is 13.9. The molecule has 0 aliphatic carbocycles. The summed E-state index contributed by atoms with van der Waals surface area (Å²) in [7, 11) is 1.69. The van der Waals surface area contributed by atoms with Crippen molar-refractivity contribution in [1.82, 2.24) is 19.3 Å². The number of rotatable bonds is 6. The van der Waals surface area contributed by atoms with Gasteiger partial charge in [0.05, 0.1) is 32.7 Å². The molecule has 0 bridgehead atoms. The normalized spacial score (nSPS) is 11.9. The maximum absolute atomic E-state index is 13.9. The number of aromatic nitrogens is 3. The summed E-state index contributed by atoms with van der Waals surface area (Å²) in [6.45, 7) is 0.285. The van der Waals surface area contributed by atoms with Crippen LogP contribution in [0.15, 0.2) is 60.9 Å². The lowest BCUT2D eigenvalue weighted by molar-refractivity contribution is -0.141. The Morgan fingerprint density at radius 2 is 1.79 bits per heavy atom. The molecule has 176 valence electrons. The number of halogens is 5. The molecule has 1 amide bonds. The molecule has 0 unspecified atom stereocenters. The van der Waals surface area contributed by atoms with Crippen LogP contribution in [-0.4, -0.2) is 32.2 Å². The zero-order chi connectivity index (χ0) is 24.5. The summed E-state index contributed by atoms with van der Waals surface area (Å²) < 4.78 is 43.0. The molecule has 0 aliphatic heterocycles. The van der Waals surface area contributed by atoms with Crippen LogP contribution in [0.4, 0.5) is 18.9 Å². The highest BCUT2D eigenvalue weighted by Gasteiger charge is 2.38. The monoisotopic (exact) mass is 507 g/mol. The van der Waals surface area contributed by atoms with Gasteiger partial charge < -0.3 is 9.72 Å². The van der Waals surface area contributed by atoms with E-state index in [2.05, 4.69) is 15.3 Å². The summed E-state index contributed by atoms with van der Waals surface area (Å²) in [6.07, 6.45) is -1.60. The number of alkyl halides is 3. The van der Waals surface area contributed by atoms with Crippen LogP contribution in [0.25, 0.3) is 5.65 Å². The van der Waals surface area contributed by atoms with Gasteiger partial charge >= 0.3 is 6.18 Å². The van der Waals surface area contributed by atoms with E-state index in [1.165, 1.54) is 34.9 Å². The van der Waals surface area contributed by atoms with Gasteiger partial charge in [0, 0.05) is 25.5 Å². The lowest BCUT2D eigenvalue weighted by Crippen LogP contribution is -2.21. The second-order valence-electron chi connectivity index (χ2n) is 7.56. The van der Waals surface area contributed by atoms with Crippen molar-refractivity contribution in [2.24, 2.45) is 0 Å². The summed E-state index contributed by atoms with van der Waals surface area (Å²) >= 11 is 12.2. The van der Waals surface area contributed by atoms with Gasteiger partial charge in [-0.3, -0.25) is 14.7 Å². The predicted molar refractivity (Wildman–Crippen MR) is 124 cm³/mol. The molecular formula is C23H18Cl2F3N5O. The number of amides is 1. The number of nitrogens with zero attached hydrogens (tertiary/aromatic N) is 4. The number of hydrogen-bond acceptors (Lipinski definition) is 4. The molecule has 1 N–H and O–H groups in total. The highest BCUT2D eigenvalue weighted by molar-refractivity contribution is 6.40. The molecule has 1 aromatic carbocycles. The smallest absolute Gasteiger partial charge is 0.319 e. The summed E-state index contributed by atoms with van der Waals surface area (Å²) in [6, 6.07) is 12.9. The van der Waals surface area contributed by atoms with Crippen LogP contribution in [0.3, 0.4) is 0 Å². The van der Waals surface area contributed by atoms with E-state index in [4.69, 9.17) is 23.2 Å². The van der Waals surface area contributed by atoms with E-state index in [9.17, 15) is 18.0 Å². The fourth-order valence-electron chi connectivity index (χ4n) is 3.57. The highest BCUT2D eigenvalue weighted by Crippen LogP contribution is 2.34. The van der Waals surface area contributed by atoms with Crippen LogP contribution >= 0.6 is 23.2 Å². The molecule has 11 heteroatoms. The molecule has 34 heavy (non-hydrogen) atoms. The van der Waals surface area contributed by atoms with Crippen molar-refractivity contribution < 1.29 is 18.0 Å². The van der Waals surface area contributed by atoms with E-state index >= 15 is 0 Å². The number of fused-ring (bicyclic) bond motifs is 1. The first-order chi connectivity index (χ1) is 16.1. The van der Waals surface area contributed by atoms with Gasteiger partial charge in [-0.2, -0.15) is 13.2 Å². The number of carbonyl (C=O) groups excluding carboxylic acids is 1. The standard InChI is InChI=1S/C23H18Cl2F3N5O/c1-32(12-14-6-2-3-10-29-14)13-18-20(23(26,27)28)31-21-17(9-5-11-33(18)21)30-22(34)19-15(24)7-4-8-16(19)25/h2-11H,12-13H2,1H3,(H,30,34). The van der Waals surface area contributed by atoms with Crippen molar-refractivity contribution in [2.75, 3.05) is 12.4 Å². The third kappa shape index (κ3) is 5.01. The zero-order valence-electron chi connectivity index (χ0n) is 17.8. The minimum absolute atomic E-state index is 0.0192. The number of pyridine rings is 2. The maximum Gasteiger partial charge on any atom is 0.435 e. The van der Waals surface area contributed by atoms with Crippen LogP contribution in [0.1, 0.15) is 27.4 Å². The lowest BCUT2D eigenvalue weighted by Gasteiger charge is -2.17. The Bertz CT molecular complexity index is 1320. The van der Waals surface area contributed by atoms with Gasteiger partial charge in [-0.15, -0.1) is 0 Å². The van der Waals surface area contributed by atoms with Gasteiger partial charge in [0.25, 0.3) is 5.91 Å². The molecule has 0 aliphatic rings. The number of carbonyl (C=O) groups is 1. The van der Waals surface area contributed by atoms with Gasteiger partial charge in [-0.25, -0.2) is 4.98 Å². The van der Waals surface area contributed by atoms with Crippen molar-refractivity contribution in [3.8, 4) is 0 Å². The summed E-state index contributed by atoms with van der Waals surface area (Å²) in [5, 5.41) is 2.82. The molecule has 6 nitrogen and oxygen atoms in total. The van der Waals surface area contributed by atoms with Crippen molar-refractivity contribution in [2.45, 2.75) is 19.3 Å². The SMILES string of the molecule is CN(Cc1ccccn1)Cc1c(C(F)(F)F)nc2c(NC(=O)c3c(Cl)cccc3Cl)cccn12. The second-order valence-corrected chi connectivity index (χ2v) is 8.38. The van der Waals surface area contributed by atoms with Gasteiger partial charge in [-0.1, -0.05) is 35.3 Å². The Morgan fingerprint density at radius 3 is 2.44 bits per heavy atom. The predicted octanol–water partition coefficient (Wildman–Crippen LogP) is 5.94. The van der Waals surface area contributed by atoms with Crippen molar-refractivity contribution in [3.63, 3.8) is 0 Å². The van der Waals surface area contributed by atoms with Crippen molar-refractivity contribution in [3.05, 3.63) is 93.6 Å². The van der Waals surface area contributed by atoms with Crippen LogP contribution < -0.4 is 5.32 Å². The Labute approximate surface area is 203 Å². The Kier molecular flexibility index (Phi) is 6.79. The lowest BCUT2D eigenvalue weighted by atomic mass is 10.2. The number of benzene rings is 1. The Hall–Kier alpha value is -3.14. The molecule has 4 aromatic rings. The topological polar surface area (TPSA) is 62.5 Å². The Balaban J connectivity index is 1.71. The van der Waals surface area contributed by atoms with Crippen LogP contribution in [0.2, 0.25) is 10.0 Å². The van der Waals surface area contributed by atoms with Crippen LogP contribution in [-0.2, 0) is 19.3 Å². The minimum Gasteiger partial charge on any atom is -0.319 e.